The van der Waals surface area contributed by atoms with Crippen LogP contribution in [0.3, 0.4) is 0 Å². The van der Waals surface area contributed by atoms with E-state index in [2.05, 4.69) is 11.9 Å². The van der Waals surface area contributed by atoms with Crippen molar-refractivity contribution >= 4 is 34.8 Å². The molecule has 1 aliphatic rings. The number of rotatable bonds is 2. The third kappa shape index (κ3) is 3.40. The molecule has 2 nitrogen and oxygen atoms in total. The summed E-state index contributed by atoms with van der Waals surface area (Å²) in [5.41, 5.74) is 0. The predicted molar refractivity (Wildman–Crippen MR) is 71.3 cm³/mol. The molecule has 1 fully saturated rings. The zero-order valence-electron chi connectivity index (χ0n) is 9.55. The van der Waals surface area contributed by atoms with Crippen LogP contribution < -0.4 is 4.74 Å². The van der Waals surface area contributed by atoms with Gasteiger partial charge in [-0.2, -0.15) is 4.98 Å². The Morgan fingerprint density at radius 1 is 1.24 bits per heavy atom. The summed E-state index contributed by atoms with van der Waals surface area (Å²) in [7, 11) is 0. The first-order chi connectivity index (χ1) is 8.06. The van der Waals surface area contributed by atoms with Gasteiger partial charge in [0, 0.05) is 0 Å². The maximum Gasteiger partial charge on any atom is 0.234 e. The first-order valence-electron chi connectivity index (χ1n) is 5.74. The van der Waals surface area contributed by atoms with Crippen molar-refractivity contribution < 1.29 is 4.74 Å². The second-order valence-corrected chi connectivity index (χ2v) is 5.73. The minimum atomic E-state index is 0.181. The van der Waals surface area contributed by atoms with E-state index in [1.165, 1.54) is 12.8 Å². The van der Waals surface area contributed by atoms with Crippen LogP contribution >= 0.6 is 34.8 Å². The number of hydrogen-bond acceptors (Lipinski definition) is 2. The van der Waals surface area contributed by atoms with Crippen LogP contribution in [0, 0.1) is 5.92 Å². The number of pyridine rings is 1. The van der Waals surface area contributed by atoms with E-state index in [4.69, 9.17) is 39.5 Å². The zero-order chi connectivity index (χ0) is 12.4. The maximum atomic E-state index is 6.03. The van der Waals surface area contributed by atoms with Crippen molar-refractivity contribution in [2.75, 3.05) is 0 Å². The molecule has 0 radical (unpaired) electrons. The molecule has 5 heteroatoms. The van der Waals surface area contributed by atoms with Gasteiger partial charge in [0.2, 0.25) is 5.88 Å². The van der Waals surface area contributed by atoms with Crippen molar-refractivity contribution in [2.24, 2.45) is 5.92 Å². The van der Waals surface area contributed by atoms with E-state index < -0.39 is 0 Å². The maximum absolute atomic E-state index is 6.03. The summed E-state index contributed by atoms with van der Waals surface area (Å²) < 4.78 is 5.81. The van der Waals surface area contributed by atoms with Crippen molar-refractivity contribution in [1.82, 2.24) is 4.98 Å². The van der Waals surface area contributed by atoms with Crippen molar-refractivity contribution in [1.29, 1.82) is 0 Å². The monoisotopic (exact) mass is 293 g/mol. The average Bonchev–Trinajstić information content (AvgIpc) is 2.26. The van der Waals surface area contributed by atoms with Crippen LogP contribution in [0.25, 0.3) is 0 Å². The Balaban J connectivity index is 2.10. The molecule has 2 rings (SSSR count). The van der Waals surface area contributed by atoms with E-state index in [1.807, 2.05) is 0 Å². The molecule has 1 aromatic rings. The molecule has 0 aromatic carbocycles. The fourth-order valence-electron chi connectivity index (χ4n) is 2.15. The largest absolute Gasteiger partial charge is 0.473 e. The molecule has 94 valence electrons. The zero-order valence-corrected chi connectivity index (χ0v) is 11.8. The van der Waals surface area contributed by atoms with Gasteiger partial charge in [0.15, 0.2) is 5.15 Å². The van der Waals surface area contributed by atoms with Gasteiger partial charge in [-0.05, 0) is 31.2 Å². The summed E-state index contributed by atoms with van der Waals surface area (Å²) in [4.78, 5) is 4.07. The van der Waals surface area contributed by atoms with E-state index in [9.17, 15) is 0 Å². The molecule has 0 bridgehead atoms. The molecule has 2 unspecified atom stereocenters. The van der Waals surface area contributed by atoms with Crippen LogP contribution in [0.4, 0.5) is 0 Å². The first-order valence-corrected chi connectivity index (χ1v) is 6.88. The van der Waals surface area contributed by atoms with E-state index in [0.29, 0.717) is 21.8 Å². The van der Waals surface area contributed by atoms with E-state index in [-0.39, 0.29) is 11.3 Å². The van der Waals surface area contributed by atoms with Gasteiger partial charge in [-0.1, -0.05) is 48.1 Å². The van der Waals surface area contributed by atoms with Crippen LogP contribution in [0.2, 0.25) is 15.2 Å². The lowest BCUT2D eigenvalue weighted by molar-refractivity contribution is 0.124. The topological polar surface area (TPSA) is 22.1 Å². The molecule has 0 saturated heterocycles. The Bertz CT molecular complexity index is 411. The lowest BCUT2D eigenvalue weighted by Crippen LogP contribution is -2.24. The Morgan fingerprint density at radius 3 is 2.71 bits per heavy atom. The van der Waals surface area contributed by atoms with Crippen molar-refractivity contribution in [3.8, 4) is 5.88 Å². The summed E-state index contributed by atoms with van der Waals surface area (Å²) in [6.07, 6.45) is 4.72. The second-order valence-electron chi connectivity index (χ2n) is 4.56. The van der Waals surface area contributed by atoms with Crippen LogP contribution in [0.5, 0.6) is 5.88 Å². The normalized spacial score (nSPS) is 24.7. The minimum Gasteiger partial charge on any atom is -0.473 e. The third-order valence-corrected chi connectivity index (χ3v) is 3.96. The van der Waals surface area contributed by atoms with Crippen LogP contribution in [0.1, 0.15) is 32.6 Å². The number of halogens is 3. The molecule has 1 aromatic heterocycles. The highest BCUT2D eigenvalue weighted by atomic mass is 35.5. The van der Waals surface area contributed by atoms with Gasteiger partial charge in [-0.3, -0.25) is 0 Å². The van der Waals surface area contributed by atoms with Gasteiger partial charge < -0.3 is 4.74 Å². The Kier molecular flexibility index (Phi) is 4.40. The average molecular weight is 295 g/mol. The predicted octanol–water partition coefficient (Wildman–Crippen LogP) is 5.00. The molecular weight excluding hydrogens is 280 g/mol. The summed E-state index contributed by atoms with van der Waals surface area (Å²) in [6.45, 7) is 2.24. The molecule has 0 spiro atoms. The van der Waals surface area contributed by atoms with Gasteiger partial charge in [0.1, 0.15) is 11.1 Å². The Labute approximate surface area is 116 Å². The smallest absolute Gasteiger partial charge is 0.234 e. The summed E-state index contributed by atoms with van der Waals surface area (Å²) >= 11 is 17.7. The summed E-state index contributed by atoms with van der Waals surface area (Å²) in [5.74, 6) is 1.08. The number of ether oxygens (including phenoxy) is 1. The molecule has 1 heterocycles. The highest BCUT2D eigenvalue weighted by molar-refractivity contribution is 6.42. The number of nitrogens with zero attached hydrogens (tertiary/aromatic N) is 1. The molecule has 0 aliphatic heterocycles. The lowest BCUT2D eigenvalue weighted by Gasteiger charge is -2.27. The van der Waals surface area contributed by atoms with Gasteiger partial charge in [0.05, 0.1) is 5.02 Å². The Morgan fingerprint density at radius 2 is 2.00 bits per heavy atom. The van der Waals surface area contributed by atoms with E-state index in [0.717, 1.165) is 12.8 Å². The number of aromatic nitrogens is 1. The Hall–Kier alpha value is -0.180. The molecule has 17 heavy (non-hydrogen) atoms. The van der Waals surface area contributed by atoms with Crippen LogP contribution in [0.15, 0.2) is 6.07 Å². The fraction of sp³-hybridized carbons (Fsp3) is 0.583. The second kappa shape index (κ2) is 5.64. The van der Waals surface area contributed by atoms with E-state index >= 15 is 0 Å². The summed E-state index contributed by atoms with van der Waals surface area (Å²) in [5, 5.41) is 0.994. The fourth-order valence-corrected chi connectivity index (χ4v) is 2.69. The number of hydrogen-bond donors (Lipinski definition) is 0. The molecule has 1 aliphatic carbocycles. The highest BCUT2D eigenvalue weighted by Crippen LogP contribution is 2.33. The van der Waals surface area contributed by atoms with E-state index in [1.54, 1.807) is 6.07 Å². The van der Waals surface area contributed by atoms with Crippen LogP contribution in [-0.4, -0.2) is 11.1 Å². The first kappa shape index (κ1) is 13.3. The molecule has 2 atom stereocenters. The van der Waals surface area contributed by atoms with Crippen molar-refractivity contribution in [3.05, 3.63) is 21.3 Å². The molecular formula is C12H14Cl3NO. The standard InChI is InChI=1S/C12H14Cl3NO/c1-7-3-2-4-8(5-7)17-12-10(14)6-9(13)11(15)16-12/h6-8H,2-5H2,1H3. The van der Waals surface area contributed by atoms with Crippen LogP contribution in [-0.2, 0) is 0 Å². The van der Waals surface area contributed by atoms with Gasteiger partial charge >= 0.3 is 0 Å². The van der Waals surface area contributed by atoms with Gasteiger partial charge in [0.25, 0.3) is 0 Å². The van der Waals surface area contributed by atoms with Gasteiger partial charge in [-0.15, -0.1) is 0 Å². The van der Waals surface area contributed by atoms with Crippen molar-refractivity contribution in [3.63, 3.8) is 0 Å². The SMILES string of the molecule is CC1CCCC(Oc2nc(Cl)c(Cl)cc2Cl)C1. The summed E-state index contributed by atoms with van der Waals surface area (Å²) in [6, 6.07) is 1.57. The molecule has 1 saturated carbocycles. The molecule has 0 amide bonds. The quantitative estimate of drug-likeness (QED) is 0.716. The minimum absolute atomic E-state index is 0.181. The lowest BCUT2D eigenvalue weighted by atomic mass is 9.89. The van der Waals surface area contributed by atoms with Crippen molar-refractivity contribution in [2.45, 2.75) is 38.7 Å². The van der Waals surface area contributed by atoms with Gasteiger partial charge in [-0.25, -0.2) is 0 Å². The highest BCUT2D eigenvalue weighted by Gasteiger charge is 2.22. The molecule has 0 N–H and O–H groups in total. The third-order valence-electron chi connectivity index (χ3n) is 3.02.